The SMILES string of the molecule is Cc1cnn(-c2ccc(C(=O)NC3CCCCC3CN)cc2)c1.Cl. The topological polar surface area (TPSA) is 72.9 Å². The van der Waals surface area contributed by atoms with Crippen molar-refractivity contribution in [1.82, 2.24) is 15.1 Å². The molecule has 1 aromatic carbocycles. The van der Waals surface area contributed by atoms with Crippen molar-refractivity contribution in [2.45, 2.75) is 38.6 Å². The Morgan fingerprint density at radius 3 is 2.62 bits per heavy atom. The Kier molecular flexibility index (Phi) is 6.40. The molecule has 1 fully saturated rings. The Balaban J connectivity index is 0.00000208. The van der Waals surface area contributed by atoms with Crippen LogP contribution in [0.15, 0.2) is 36.7 Å². The summed E-state index contributed by atoms with van der Waals surface area (Å²) in [5.74, 6) is 0.387. The molecule has 2 unspecified atom stereocenters. The van der Waals surface area contributed by atoms with Gasteiger partial charge in [-0.1, -0.05) is 12.8 Å². The van der Waals surface area contributed by atoms with Crippen molar-refractivity contribution in [2.24, 2.45) is 11.7 Å². The van der Waals surface area contributed by atoms with Gasteiger partial charge in [0.1, 0.15) is 0 Å². The molecule has 3 rings (SSSR count). The summed E-state index contributed by atoms with van der Waals surface area (Å²) in [6, 6.07) is 7.74. The molecule has 0 spiro atoms. The molecule has 0 saturated heterocycles. The van der Waals surface area contributed by atoms with Gasteiger partial charge in [0.2, 0.25) is 0 Å². The maximum absolute atomic E-state index is 12.5. The van der Waals surface area contributed by atoms with Crippen LogP contribution in [0.3, 0.4) is 0 Å². The fourth-order valence-corrected chi connectivity index (χ4v) is 3.25. The van der Waals surface area contributed by atoms with Crippen molar-refractivity contribution in [3.05, 3.63) is 47.8 Å². The van der Waals surface area contributed by atoms with Gasteiger partial charge in [-0.05, 0) is 62.1 Å². The summed E-state index contributed by atoms with van der Waals surface area (Å²) in [4.78, 5) is 12.5. The van der Waals surface area contributed by atoms with Gasteiger partial charge >= 0.3 is 0 Å². The normalized spacial score (nSPS) is 20.2. The number of nitrogens with two attached hydrogens (primary N) is 1. The molecule has 6 heteroatoms. The van der Waals surface area contributed by atoms with Crippen LogP contribution in [-0.2, 0) is 0 Å². The van der Waals surface area contributed by atoms with E-state index in [4.69, 9.17) is 5.73 Å². The molecule has 3 N–H and O–H groups in total. The zero-order valence-corrected chi connectivity index (χ0v) is 14.8. The van der Waals surface area contributed by atoms with Gasteiger partial charge in [0.25, 0.3) is 5.91 Å². The second-order valence-corrected chi connectivity index (χ2v) is 6.37. The monoisotopic (exact) mass is 348 g/mol. The molecule has 1 aromatic heterocycles. The van der Waals surface area contributed by atoms with Crippen LogP contribution in [0.1, 0.15) is 41.6 Å². The van der Waals surface area contributed by atoms with Crippen LogP contribution in [-0.4, -0.2) is 28.3 Å². The highest BCUT2D eigenvalue weighted by atomic mass is 35.5. The maximum atomic E-state index is 12.5. The highest BCUT2D eigenvalue weighted by molar-refractivity contribution is 5.94. The zero-order valence-electron chi connectivity index (χ0n) is 13.9. The second kappa shape index (κ2) is 8.31. The van der Waals surface area contributed by atoms with Crippen LogP contribution in [0.4, 0.5) is 0 Å². The zero-order chi connectivity index (χ0) is 16.2. The lowest BCUT2D eigenvalue weighted by Crippen LogP contribution is -2.44. The van der Waals surface area contributed by atoms with E-state index in [0.29, 0.717) is 18.0 Å². The van der Waals surface area contributed by atoms with Gasteiger partial charge in [-0.3, -0.25) is 4.79 Å². The van der Waals surface area contributed by atoms with Gasteiger partial charge in [-0.15, -0.1) is 12.4 Å². The largest absolute Gasteiger partial charge is 0.349 e. The lowest BCUT2D eigenvalue weighted by Gasteiger charge is -2.31. The third-order valence-electron chi connectivity index (χ3n) is 4.63. The van der Waals surface area contributed by atoms with Gasteiger partial charge in [0.05, 0.1) is 11.9 Å². The van der Waals surface area contributed by atoms with E-state index in [9.17, 15) is 4.79 Å². The first-order valence-corrected chi connectivity index (χ1v) is 8.30. The summed E-state index contributed by atoms with van der Waals surface area (Å²) in [7, 11) is 0. The molecule has 1 aliphatic carbocycles. The summed E-state index contributed by atoms with van der Waals surface area (Å²) in [6.07, 6.45) is 8.29. The van der Waals surface area contributed by atoms with Crippen LogP contribution >= 0.6 is 12.4 Å². The summed E-state index contributed by atoms with van der Waals surface area (Å²) >= 11 is 0. The number of carbonyl (C=O) groups is 1. The smallest absolute Gasteiger partial charge is 0.251 e. The van der Waals surface area contributed by atoms with Crippen LogP contribution < -0.4 is 11.1 Å². The number of aryl methyl sites for hydroxylation is 1. The molecule has 2 aromatic rings. The first kappa shape index (κ1) is 18.5. The predicted octanol–water partition coefficient (Wildman–Crippen LogP) is 2.85. The minimum Gasteiger partial charge on any atom is -0.349 e. The van der Waals surface area contributed by atoms with Crippen LogP contribution in [0.2, 0.25) is 0 Å². The number of hydrogen-bond donors (Lipinski definition) is 2. The number of halogens is 1. The van der Waals surface area contributed by atoms with E-state index in [1.54, 1.807) is 0 Å². The van der Waals surface area contributed by atoms with Crippen molar-refractivity contribution in [2.75, 3.05) is 6.54 Å². The average molecular weight is 349 g/mol. The number of nitrogens with one attached hydrogen (secondary N) is 1. The van der Waals surface area contributed by atoms with Crippen LogP contribution in [0.25, 0.3) is 5.69 Å². The highest BCUT2D eigenvalue weighted by Gasteiger charge is 2.25. The number of amides is 1. The van der Waals surface area contributed by atoms with E-state index in [2.05, 4.69) is 10.4 Å². The number of aromatic nitrogens is 2. The number of nitrogens with zero attached hydrogens (tertiary/aromatic N) is 2. The predicted molar refractivity (Wildman–Crippen MR) is 97.8 cm³/mol. The van der Waals surface area contributed by atoms with E-state index in [0.717, 1.165) is 24.1 Å². The fraction of sp³-hybridized carbons (Fsp3) is 0.444. The molecular weight excluding hydrogens is 324 g/mol. The van der Waals surface area contributed by atoms with Gasteiger partial charge in [0, 0.05) is 17.8 Å². The van der Waals surface area contributed by atoms with Crippen molar-refractivity contribution in [3.63, 3.8) is 0 Å². The van der Waals surface area contributed by atoms with E-state index in [1.807, 2.05) is 48.3 Å². The third-order valence-corrected chi connectivity index (χ3v) is 4.63. The maximum Gasteiger partial charge on any atom is 0.251 e. The minimum absolute atomic E-state index is 0. The number of carbonyl (C=O) groups excluding carboxylic acids is 1. The van der Waals surface area contributed by atoms with Gasteiger partial charge < -0.3 is 11.1 Å². The number of benzene rings is 1. The summed E-state index contributed by atoms with van der Waals surface area (Å²) in [5.41, 5.74) is 8.57. The van der Waals surface area contributed by atoms with E-state index >= 15 is 0 Å². The fourth-order valence-electron chi connectivity index (χ4n) is 3.25. The van der Waals surface area contributed by atoms with Crippen LogP contribution in [0, 0.1) is 12.8 Å². The Morgan fingerprint density at radius 2 is 2.00 bits per heavy atom. The summed E-state index contributed by atoms with van der Waals surface area (Å²) in [6.45, 7) is 2.64. The molecule has 24 heavy (non-hydrogen) atoms. The molecule has 0 radical (unpaired) electrons. The lowest BCUT2D eigenvalue weighted by molar-refractivity contribution is 0.0908. The summed E-state index contributed by atoms with van der Waals surface area (Å²) < 4.78 is 1.81. The van der Waals surface area contributed by atoms with E-state index in [1.165, 1.54) is 12.8 Å². The average Bonchev–Trinajstić information content (AvgIpc) is 3.02. The Bertz CT molecular complexity index is 668. The molecule has 0 aliphatic heterocycles. The van der Waals surface area contributed by atoms with Crippen LogP contribution in [0.5, 0.6) is 0 Å². The highest BCUT2D eigenvalue weighted by Crippen LogP contribution is 2.24. The molecule has 130 valence electrons. The van der Waals surface area contributed by atoms with E-state index in [-0.39, 0.29) is 24.4 Å². The standard InChI is InChI=1S/C18H24N4O.ClH/c1-13-11-20-22(12-13)16-8-6-14(7-9-16)18(23)21-17-5-3-2-4-15(17)10-19;/h6-9,11-12,15,17H,2-5,10,19H2,1H3,(H,21,23);1H. The minimum atomic E-state index is -0.0152. The van der Waals surface area contributed by atoms with Crippen molar-refractivity contribution in [1.29, 1.82) is 0 Å². The van der Waals surface area contributed by atoms with Crippen molar-refractivity contribution in [3.8, 4) is 5.69 Å². The van der Waals surface area contributed by atoms with Gasteiger partial charge in [-0.2, -0.15) is 5.10 Å². The van der Waals surface area contributed by atoms with Crippen molar-refractivity contribution < 1.29 is 4.79 Å². The third kappa shape index (κ3) is 4.16. The molecule has 0 bridgehead atoms. The van der Waals surface area contributed by atoms with Gasteiger partial charge in [-0.25, -0.2) is 4.68 Å². The molecule has 1 heterocycles. The molecular formula is C18H25ClN4O. The number of rotatable bonds is 4. The summed E-state index contributed by atoms with van der Waals surface area (Å²) in [5, 5.41) is 7.44. The first-order chi connectivity index (χ1) is 11.2. The number of hydrogen-bond acceptors (Lipinski definition) is 3. The van der Waals surface area contributed by atoms with E-state index < -0.39 is 0 Å². The lowest BCUT2D eigenvalue weighted by atomic mass is 9.84. The van der Waals surface area contributed by atoms with Gasteiger partial charge in [0.15, 0.2) is 0 Å². The molecule has 1 saturated carbocycles. The Hall–Kier alpha value is -1.85. The molecule has 5 nitrogen and oxygen atoms in total. The second-order valence-electron chi connectivity index (χ2n) is 6.37. The Morgan fingerprint density at radius 1 is 1.29 bits per heavy atom. The molecule has 1 aliphatic rings. The first-order valence-electron chi connectivity index (χ1n) is 8.30. The molecule has 2 atom stereocenters. The quantitative estimate of drug-likeness (QED) is 0.892. The molecule has 1 amide bonds. The Labute approximate surface area is 149 Å². The van der Waals surface area contributed by atoms with Crippen molar-refractivity contribution >= 4 is 18.3 Å².